The van der Waals surface area contributed by atoms with Gasteiger partial charge in [0.25, 0.3) is 5.91 Å². The van der Waals surface area contributed by atoms with Crippen molar-refractivity contribution >= 4 is 5.91 Å². The molecule has 19 heavy (non-hydrogen) atoms. The van der Waals surface area contributed by atoms with Gasteiger partial charge in [-0.2, -0.15) is 0 Å². The quantitative estimate of drug-likeness (QED) is 0.838. The fourth-order valence-electron chi connectivity index (χ4n) is 2.72. The molecule has 0 saturated carbocycles. The number of carbonyl (C=O) groups excluding carboxylic acids is 1. The second-order valence-corrected chi connectivity index (χ2v) is 5.72. The number of hydrogen-bond acceptors (Lipinski definition) is 2. The Morgan fingerprint density at radius 1 is 1.42 bits per heavy atom. The molecule has 0 aromatic carbocycles. The fourth-order valence-corrected chi connectivity index (χ4v) is 2.72. The summed E-state index contributed by atoms with van der Waals surface area (Å²) in [5.41, 5.74) is 0.774. The second kappa shape index (κ2) is 5.78. The third kappa shape index (κ3) is 2.84. The van der Waals surface area contributed by atoms with Gasteiger partial charge in [-0.05, 0) is 46.2 Å². The number of rotatable bonds is 4. The Kier molecular flexibility index (Phi) is 4.30. The molecule has 1 aliphatic rings. The van der Waals surface area contributed by atoms with Gasteiger partial charge in [-0.1, -0.05) is 0 Å². The summed E-state index contributed by atoms with van der Waals surface area (Å²) >= 11 is 0. The molecule has 4 heteroatoms. The first-order valence-corrected chi connectivity index (χ1v) is 7.09. The molecular formula is C15H24N2O2. The Bertz CT molecular complexity index is 431. The Hall–Kier alpha value is -1.29. The van der Waals surface area contributed by atoms with Crippen molar-refractivity contribution in [2.45, 2.75) is 52.2 Å². The van der Waals surface area contributed by atoms with Crippen molar-refractivity contribution in [3.63, 3.8) is 0 Å². The third-order valence-corrected chi connectivity index (χ3v) is 3.64. The molecule has 1 aromatic rings. The topological polar surface area (TPSA) is 34.5 Å². The van der Waals surface area contributed by atoms with E-state index < -0.39 is 0 Å². The molecule has 0 unspecified atom stereocenters. The van der Waals surface area contributed by atoms with Crippen molar-refractivity contribution in [2.75, 3.05) is 13.2 Å². The van der Waals surface area contributed by atoms with Gasteiger partial charge >= 0.3 is 0 Å². The van der Waals surface area contributed by atoms with Crippen molar-refractivity contribution in [3.8, 4) is 0 Å². The summed E-state index contributed by atoms with van der Waals surface area (Å²) in [6, 6.07) is 4.55. The lowest BCUT2D eigenvalue weighted by molar-refractivity contribution is 0.0569. The molecule has 2 heterocycles. The van der Waals surface area contributed by atoms with Crippen molar-refractivity contribution < 1.29 is 9.53 Å². The van der Waals surface area contributed by atoms with Gasteiger partial charge in [0.2, 0.25) is 0 Å². The number of amides is 1. The van der Waals surface area contributed by atoms with Gasteiger partial charge in [-0.15, -0.1) is 0 Å². The molecule has 1 saturated heterocycles. The highest BCUT2D eigenvalue weighted by atomic mass is 16.5. The molecule has 2 rings (SSSR count). The predicted molar refractivity (Wildman–Crippen MR) is 75.3 cm³/mol. The standard InChI is InChI=1S/C15H24N2O2/c1-11(2)16-8-5-6-14(16)15(18)17(12(3)4)13-7-9-19-10-13/h5-6,8,11-13H,7,9-10H2,1-4H3/t13-/m0/s1. The van der Waals surface area contributed by atoms with E-state index in [1.54, 1.807) is 0 Å². The molecule has 0 spiro atoms. The molecule has 0 bridgehead atoms. The molecule has 0 aliphatic carbocycles. The molecule has 1 fully saturated rings. The van der Waals surface area contributed by atoms with E-state index in [2.05, 4.69) is 27.7 Å². The highest BCUT2D eigenvalue weighted by Crippen LogP contribution is 2.20. The highest BCUT2D eigenvalue weighted by Gasteiger charge is 2.31. The first-order valence-electron chi connectivity index (χ1n) is 7.09. The summed E-state index contributed by atoms with van der Waals surface area (Å²) in [7, 11) is 0. The molecule has 1 atom stereocenters. The average Bonchev–Trinajstić information content (AvgIpc) is 2.98. The van der Waals surface area contributed by atoms with Gasteiger partial charge < -0.3 is 14.2 Å². The molecule has 1 aliphatic heterocycles. The molecule has 0 radical (unpaired) electrons. The van der Waals surface area contributed by atoms with Crippen molar-refractivity contribution in [3.05, 3.63) is 24.0 Å². The van der Waals surface area contributed by atoms with E-state index in [9.17, 15) is 4.79 Å². The Labute approximate surface area is 115 Å². The predicted octanol–water partition coefficient (Wildman–Crippen LogP) is 2.71. The van der Waals surface area contributed by atoms with E-state index in [0.29, 0.717) is 12.6 Å². The van der Waals surface area contributed by atoms with Gasteiger partial charge in [-0.25, -0.2) is 0 Å². The van der Waals surface area contributed by atoms with E-state index in [1.807, 2.05) is 27.8 Å². The van der Waals surface area contributed by atoms with Crippen molar-refractivity contribution in [1.29, 1.82) is 0 Å². The molecular weight excluding hydrogens is 240 g/mol. The van der Waals surface area contributed by atoms with Crippen LogP contribution in [0.3, 0.4) is 0 Å². The van der Waals surface area contributed by atoms with Gasteiger partial charge in [0, 0.05) is 24.9 Å². The Morgan fingerprint density at radius 3 is 2.68 bits per heavy atom. The van der Waals surface area contributed by atoms with Crippen LogP contribution in [0.1, 0.15) is 50.6 Å². The number of nitrogens with zero attached hydrogens (tertiary/aromatic N) is 2. The van der Waals surface area contributed by atoms with E-state index in [4.69, 9.17) is 4.74 Å². The van der Waals surface area contributed by atoms with Crippen LogP contribution in [0, 0.1) is 0 Å². The van der Waals surface area contributed by atoms with E-state index in [0.717, 1.165) is 18.7 Å². The minimum atomic E-state index is 0.115. The van der Waals surface area contributed by atoms with Crippen LogP contribution >= 0.6 is 0 Å². The average molecular weight is 264 g/mol. The summed E-state index contributed by atoms with van der Waals surface area (Å²) in [5.74, 6) is 0.115. The number of aromatic nitrogens is 1. The van der Waals surface area contributed by atoms with Gasteiger partial charge in [0.05, 0.1) is 12.6 Å². The van der Waals surface area contributed by atoms with Crippen LogP contribution in [0.25, 0.3) is 0 Å². The monoisotopic (exact) mass is 264 g/mol. The van der Waals surface area contributed by atoms with Gasteiger partial charge in [0.15, 0.2) is 0 Å². The normalized spacial score (nSPS) is 19.4. The van der Waals surface area contributed by atoms with E-state index >= 15 is 0 Å². The summed E-state index contributed by atoms with van der Waals surface area (Å²) in [6.45, 7) is 9.74. The number of ether oxygens (including phenoxy) is 1. The maximum atomic E-state index is 12.8. The van der Waals surface area contributed by atoms with Gasteiger partial charge in [-0.3, -0.25) is 4.79 Å². The molecule has 106 valence electrons. The lowest BCUT2D eigenvalue weighted by Gasteiger charge is -2.32. The molecule has 4 nitrogen and oxygen atoms in total. The largest absolute Gasteiger partial charge is 0.379 e. The van der Waals surface area contributed by atoms with E-state index in [1.165, 1.54) is 0 Å². The van der Waals surface area contributed by atoms with Crippen molar-refractivity contribution in [2.24, 2.45) is 0 Å². The lowest BCUT2D eigenvalue weighted by atomic mass is 10.1. The maximum Gasteiger partial charge on any atom is 0.271 e. The van der Waals surface area contributed by atoms with Gasteiger partial charge in [0.1, 0.15) is 5.69 Å². The zero-order valence-corrected chi connectivity index (χ0v) is 12.3. The summed E-state index contributed by atoms with van der Waals surface area (Å²) in [5, 5.41) is 0. The van der Waals surface area contributed by atoms with Crippen LogP contribution in [0.4, 0.5) is 0 Å². The first kappa shape index (κ1) is 14.1. The van der Waals surface area contributed by atoms with Crippen LogP contribution in [0.15, 0.2) is 18.3 Å². The Morgan fingerprint density at radius 2 is 2.16 bits per heavy atom. The maximum absolute atomic E-state index is 12.8. The Balaban J connectivity index is 2.26. The number of hydrogen-bond donors (Lipinski definition) is 0. The second-order valence-electron chi connectivity index (χ2n) is 5.72. The van der Waals surface area contributed by atoms with Crippen LogP contribution in [-0.4, -0.2) is 40.7 Å². The minimum absolute atomic E-state index is 0.115. The molecule has 1 amide bonds. The van der Waals surface area contributed by atoms with Crippen molar-refractivity contribution in [1.82, 2.24) is 9.47 Å². The highest BCUT2D eigenvalue weighted by molar-refractivity contribution is 5.93. The fraction of sp³-hybridized carbons (Fsp3) is 0.667. The zero-order valence-electron chi connectivity index (χ0n) is 12.3. The van der Waals surface area contributed by atoms with Crippen LogP contribution in [0.2, 0.25) is 0 Å². The SMILES string of the molecule is CC(C)N(C(=O)c1cccn1C(C)C)[C@H]1CCOC1. The van der Waals surface area contributed by atoms with Crippen LogP contribution < -0.4 is 0 Å². The summed E-state index contributed by atoms with van der Waals surface area (Å²) in [4.78, 5) is 14.8. The molecule has 1 aromatic heterocycles. The van der Waals surface area contributed by atoms with Crippen LogP contribution in [0.5, 0.6) is 0 Å². The third-order valence-electron chi connectivity index (χ3n) is 3.64. The smallest absolute Gasteiger partial charge is 0.271 e. The molecule has 0 N–H and O–H groups in total. The number of carbonyl (C=O) groups is 1. The van der Waals surface area contributed by atoms with Crippen LogP contribution in [-0.2, 0) is 4.74 Å². The summed E-state index contributed by atoms with van der Waals surface area (Å²) < 4.78 is 7.47. The zero-order chi connectivity index (χ0) is 14.0. The lowest BCUT2D eigenvalue weighted by Crippen LogP contribution is -2.46. The minimum Gasteiger partial charge on any atom is -0.379 e. The van der Waals surface area contributed by atoms with E-state index in [-0.39, 0.29) is 18.0 Å². The first-order chi connectivity index (χ1) is 9.02. The summed E-state index contributed by atoms with van der Waals surface area (Å²) in [6.07, 6.45) is 2.91.